The maximum atomic E-state index is 7.10. The molecular formula is C53H69BN2O. The second-order valence-electron chi connectivity index (χ2n) is 23.0. The molecule has 2 saturated carbocycles. The second kappa shape index (κ2) is 12.8. The highest BCUT2D eigenvalue weighted by Gasteiger charge is 2.73. The Morgan fingerprint density at radius 1 is 0.825 bits per heavy atom. The minimum absolute atomic E-state index is 0.0910. The zero-order valence-corrected chi connectivity index (χ0v) is 36.4. The van der Waals surface area contributed by atoms with Crippen molar-refractivity contribution in [1.29, 1.82) is 0 Å². The van der Waals surface area contributed by atoms with Crippen LogP contribution in [0.15, 0.2) is 96.0 Å². The Morgan fingerprint density at radius 2 is 1.60 bits per heavy atom. The van der Waals surface area contributed by atoms with Crippen molar-refractivity contribution in [2.75, 3.05) is 4.90 Å². The molecule has 4 heteroatoms. The summed E-state index contributed by atoms with van der Waals surface area (Å²) in [4.78, 5) is 6.32. The van der Waals surface area contributed by atoms with Gasteiger partial charge in [-0.1, -0.05) is 151 Å². The van der Waals surface area contributed by atoms with Crippen LogP contribution < -0.4 is 9.64 Å². The third kappa shape index (κ3) is 5.26. The van der Waals surface area contributed by atoms with Crippen molar-refractivity contribution in [2.45, 2.75) is 179 Å². The van der Waals surface area contributed by atoms with Gasteiger partial charge >= 0.3 is 0 Å². The Morgan fingerprint density at radius 3 is 2.35 bits per heavy atom. The number of anilines is 1. The number of allylic oxidation sites excluding steroid dienone is 3. The molecule has 0 N–H and O–H groups in total. The zero-order chi connectivity index (χ0) is 39.2. The van der Waals surface area contributed by atoms with Crippen LogP contribution in [0, 0.1) is 28.1 Å². The largest absolute Gasteiger partial charge is 0.483 e. The fraction of sp³-hybridized carbons (Fsp3) is 0.623. The quantitative estimate of drug-likeness (QED) is 0.224. The van der Waals surface area contributed by atoms with E-state index in [2.05, 4.69) is 150 Å². The van der Waals surface area contributed by atoms with Gasteiger partial charge < -0.3 is 9.64 Å². The SMILES string of the molecule is CC(C)(C)C1=CC2C3B(C4=CC(c5ccccc5)CCC4N2c2cccc4c2OC2C=CC=CC42)C2CC(C(C)(C)C)CC4C2N(C3C1)C(C)(C)C41CCCCC1. The molecule has 57 heavy (non-hydrogen) atoms. The number of hydrogen-bond acceptors (Lipinski definition) is 3. The van der Waals surface area contributed by atoms with Crippen molar-refractivity contribution < 1.29 is 4.74 Å². The lowest BCUT2D eigenvalue weighted by atomic mass is 9.20. The predicted molar refractivity (Wildman–Crippen MR) is 239 cm³/mol. The van der Waals surface area contributed by atoms with E-state index >= 15 is 0 Å². The van der Waals surface area contributed by atoms with Gasteiger partial charge in [0.1, 0.15) is 11.9 Å². The van der Waals surface area contributed by atoms with Crippen molar-refractivity contribution in [3.05, 3.63) is 107 Å². The Hall–Kier alpha value is -2.98. The first-order valence-corrected chi connectivity index (χ1v) is 23.5. The first-order valence-electron chi connectivity index (χ1n) is 23.5. The van der Waals surface area contributed by atoms with Gasteiger partial charge in [0.25, 0.3) is 0 Å². The van der Waals surface area contributed by atoms with Crippen LogP contribution in [0.1, 0.15) is 143 Å². The first kappa shape index (κ1) is 37.1. The van der Waals surface area contributed by atoms with E-state index in [-0.39, 0.29) is 17.1 Å². The minimum atomic E-state index is 0.0910. The van der Waals surface area contributed by atoms with E-state index in [1.807, 2.05) is 5.47 Å². The lowest BCUT2D eigenvalue weighted by Gasteiger charge is -2.66. The Kier molecular flexibility index (Phi) is 8.30. The van der Waals surface area contributed by atoms with E-state index in [4.69, 9.17) is 4.74 Å². The molecule has 0 bridgehead atoms. The van der Waals surface area contributed by atoms with Gasteiger partial charge in [-0.2, -0.15) is 0 Å². The molecule has 4 heterocycles. The monoisotopic (exact) mass is 761 g/mol. The van der Waals surface area contributed by atoms with Crippen LogP contribution in [0.4, 0.5) is 5.69 Å². The van der Waals surface area contributed by atoms with Gasteiger partial charge in [0.2, 0.25) is 0 Å². The lowest BCUT2D eigenvalue weighted by Crippen LogP contribution is -2.72. The number of rotatable bonds is 2. The van der Waals surface area contributed by atoms with Crippen LogP contribution in [0.3, 0.4) is 0 Å². The third-order valence-electron chi connectivity index (χ3n) is 18.4. The molecule has 11 rings (SSSR count). The zero-order valence-electron chi connectivity index (χ0n) is 36.4. The molecule has 0 amide bonds. The van der Waals surface area contributed by atoms with E-state index in [9.17, 15) is 0 Å². The van der Waals surface area contributed by atoms with Crippen molar-refractivity contribution in [2.24, 2.45) is 28.1 Å². The summed E-state index contributed by atoms with van der Waals surface area (Å²) >= 11 is 0. The molecule has 2 aromatic rings. The number of ether oxygens (including phenoxy) is 1. The second-order valence-corrected chi connectivity index (χ2v) is 23.0. The topological polar surface area (TPSA) is 15.7 Å². The average molecular weight is 761 g/mol. The highest BCUT2D eigenvalue weighted by molar-refractivity contribution is 6.71. The smallest absolute Gasteiger partial charge is 0.185 e. The van der Waals surface area contributed by atoms with Crippen LogP contribution >= 0.6 is 0 Å². The van der Waals surface area contributed by atoms with E-state index in [1.54, 1.807) is 5.57 Å². The molecule has 0 aromatic heterocycles. The third-order valence-corrected chi connectivity index (χ3v) is 18.4. The molecule has 11 unspecified atom stereocenters. The van der Waals surface area contributed by atoms with Crippen molar-refractivity contribution in [3.8, 4) is 5.75 Å². The molecule has 0 radical (unpaired) electrons. The van der Waals surface area contributed by atoms with E-state index in [1.165, 1.54) is 81.0 Å². The molecule has 3 nitrogen and oxygen atoms in total. The highest BCUT2D eigenvalue weighted by atomic mass is 16.5. The summed E-state index contributed by atoms with van der Waals surface area (Å²) in [6, 6.07) is 20.7. The average Bonchev–Trinajstić information content (AvgIpc) is 3.66. The maximum Gasteiger partial charge on any atom is 0.185 e. The lowest BCUT2D eigenvalue weighted by molar-refractivity contribution is -0.0160. The van der Waals surface area contributed by atoms with Crippen LogP contribution in [0.2, 0.25) is 11.6 Å². The van der Waals surface area contributed by atoms with Gasteiger partial charge in [-0.15, -0.1) is 0 Å². The summed E-state index contributed by atoms with van der Waals surface area (Å²) in [5, 5.41) is 0. The summed E-state index contributed by atoms with van der Waals surface area (Å²) in [5.74, 6) is 4.73. The molecule has 9 aliphatic rings. The molecule has 2 aromatic carbocycles. The number of benzene rings is 2. The maximum absolute atomic E-state index is 7.10. The normalized spacial score (nSPS) is 38.4. The number of para-hydroxylation sites is 1. The molecule has 5 aliphatic carbocycles. The van der Waals surface area contributed by atoms with Gasteiger partial charge in [0.15, 0.2) is 6.71 Å². The minimum Gasteiger partial charge on any atom is -0.483 e. The number of fused-ring (bicyclic) bond motifs is 8. The fourth-order valence-corrected chi connectivity index (χ4v) is 15.8. The van der Waals surface area contributed by atoms with Crippen LogP contribution in [0.25, 0.3) is 0 Å². The Bertz CT molecular complexity index is 2040. The van der Waals surface area contributed by atoms with E-state index < -0.39 is 0 Å². The van der Waals surface area contributed by atoms with E-state index in [0.29, 0.717) is 65.2 Å². The number of nitrogens with zero attached hydrogens (tertiary/aromatic N) is 2. The van der Waals surface area contributed by atoms with Gasteiger partial charge in [-0.3, -0.25) is 4.90 Å². The predicted octanol–water partition coefficient (Wildman–Crippen LogP) is 12.7. The molecular weight excluding hydrogens is 691 g/mol. The molecule has 1 spiro atoms. The fourth-order valence-electron chi connectivity index (χ4n) is 15.8. The van der Waals surface area contributed by atoms with Crippen LogP contribution in [0.5, 0.6) is 5.75 Å². The standard InChI is InChI=1S/C53H69BN2O/c1-50(2,3)35-29-39-48-41(30-35)54-40-28-34(33-18-11-9-12-19-33)24-25-42(40)55(43-22-17-21-38-37-20-13-14-23-46(37)57-49(38)43)44-31-36(51(4,5)6)32-45(47(44)54)56(48)52(7,8)53(39)26-15-10-16-27-53/h9,11-14,17-23,28,31,34-35,37,39,41-42,44-48H,10,15-16,24-27,29-30,32H2,1-8H3. The van der Waals surface area contributed by atoms with Crippen molar-refractivity contribution in [3.63, 3.8) is 0 Å². The van der Waals surface area contributed by atoms with Gasteiger partial charge in [0, 0.05) is 47.1 Å². The summed E-state index contributed by atoms with van der Waals surface area (Å²) < 4.78 is 7.10. The van der Waals surface area contributed by atoms with E-state index in [0.717, 1.165) is 17.6 Å². The molecule has 11 atom stereocenters. The first-order chi connectivity index (χ1) is 27.3. The Labute approximate surface area is 345 Å². The van der Waals surface area contributed by atoms with Crippen molar-refractivity contribution in [1.82, 2.24) is 4.90 Å². The van der Waals surface area contributed by atoms with Gasteiger partial charge in [0.05, 0.1) is 5.69 Å². The molecule has 3 saturated heterocycles. The summed E-state index contributed by atoms with van der Waals surface area (Å²) in [6.07, 6.45) is 28.5. The summed E-state index contributed by atoms with van der Waals surface area (Å²) in [6.45, 7) is 21.4. The summed E-state index contributed by atoms with van der Waals surface area (Å²) in [5.41, 5.74) is 8.76. The Balaban J connectivity index is 1.15. The highest BCUT2D eigenvalue weighted by Crippen LogP contribution is 2.72. The van der Waals surface area contributed by atoms with Gasteiger partial charge in [-0.25, -0.2) is 0 Å². The van der Waals surface area contributed by atoms with Crippen LogP contribution in [-0.2, 0) is 0 Å². The molecule has 300 valence electrons. The van der Waals surface area contributed by atoms with Gasteiger partial charge in [-0.05, 0) is 110 Å². The van der Waals surface area contributed by atoms with Crippen LogP contribution in [-0.4, -0.2) is 47.4 Å². The number of hydrogen-bond donors (Lipinski definition) is 0. The van der Waals surface area contributed by atoms with Crippen molar-refractivity contribution >= 4 is 12.4 Å². The summed E-state index contributed by atoms with van der Waals surface area (Å²) in [7, 11) is 0. The molecule has 5 fully saturated rings. The molecule has 4 aliphatic heterocycles.